The molecule has 0 saturated carbocycles. The van der Waals surface area contributed by atoms with Gasteiger partial charge in [-0.2, -0.15) is 5.10 Å². The normalized spacial score (nSPS) is 14.4. The van der Waals surface area contributed by atoms with Gasteiger partial charge < -0.3 is 5.32 Å². The molecule has 19 heavy (non-hydrogen) atoms. The molecule has 1 heterocycles. The number of hydrogen-bond acceptors (Lipinski definition) is 2. The highest BCUT2D eigenvalue weighted by molar-refractivity contribution is 5.23. The Hall–Kier alpha value is -1.68. The molecular formula is C15H20FN3. The summed E-state index contributed by atoms with van der Waals surface area (Å²) in [6.45, 7) is 6.18. The minimum atomic E-state index is -0.198. The number of hydrogen-bond donors (Lipinski definition) is 1. The van der Waals surface area contributed by atoms with E-state index in [-0.39, 0.29) is 17.9 Å². The van der Waals surface area contributed by atoms with E-state index in [1.54, 1.807) is 12.1 Å². The van der Waals surface area contributed by atoms with Gasteiger partial charge in [0, 0.05) is 30.4 Å². The fourth-order valence-electron chi connectivity index (χ4n) is 2.28. The lowest BCUT2D eigenvalue weighted by atomic mass is 10.0. The molecule has 1 N–H and O–H groups in total. The van der Waals surface area contributed by atoms with Gasteiger partial charge in [-0.25, -0.2) is 4.39 Å². The Morgan fingerprint density at radius 1 is 1.26 bits per heavy atom. The topological polar surface area (TPSA) is 29.9 Å². The Bertz CT molecular complexity index is 562. The van der Waals surface area contributed by atoms with E-state index in [0.29, 0.717) is 0 Å². The molecule has 2 rings (SSSR count). The molecule has 3 nitrogen and oxygen atoms in total. The Balaban J connectivity index is 2.10. The van der Waals surface area contributed by atoms with Crippen LogP contribution in [0.15, 0.2) is 30.5 Å². The average Bonchev–Trinajstić information content (AvgIpc) is 2.70. The molecule has 0 spiro atoms. The SMILES string of the molecule is Cc1c(C(C)NC(C)c2cccc(F)c2)cnn1C. The molecule has 0 aliphatic heterocycles. The first-order chi connectivity index (χ1) is 8.99. The van der Waals surface area contributed by atoms with E-state index in [1.165, 1.54) is 11.6 Å². The van der Waals surface area contributed by atoms with Crippen LogP contribution < -0.4 is 5.32 Å². The summed E-state index contributed by atoms with van der Waals surface area (Å²) in [5.74, 6) is -0.198. The number of halogens is 1. The van der Waals surface area contributed by atoms with Crippen LogP contribution in [-0.2, 0) is 7.05 Å². The zero-order valence-electron chi connectivity index (χ0n) is 11.8. The molecule has 1 aromatic carbocycles. The van der Waals surface area contributed by atoms with Crippen LogP contribution in [0.25, 0.3) is 0 Å². The third kappa shape index (κ3) is 3.01. The van der Waals surface area contributed by atoms with Crippen molar-refractivity contribution in [2.24, 2.45) is 7.05 Å². The number of nitrogens with zero attached hydrogens (tertiary/aromatic N) is 2. The van der Waals surface area contributed by atoms with Crippen LogP contribution >= 0.6 is 0 Å². The van der Waals surface area contributed by atoms with Crippen LogP contribution in [-0.4, -0.2) is 9.78 Å². The molecule has 0 aliphatic carbocycles. The Labute approximate surface area is 113 Å². The molecule has 0 amide bonds. The van der Waals surface area contributed by atoms with Crippen molar-refractivity contribution in [3.63, 3.8) is 0 Å². The largest absolute Gasteiger partial charge is 0.304 e. The Morgan fingerprint density at radius 2 is 2.00 bits per heavy atom. The highest BCUT2D eigenvalue weighted by Crippen LogP contribution is 2.21. The van der Waals surface area contributed by atoms with Gasteiger partial charge >= 0.3 is 0 Å². The smallest absolute Gasteiger partial charge is 0.123 e. The van der Waals surface area contributed by atoms with Gasteiger partial charge in [-0.15, -0.1) is 0 Å². The molecule has 0 fully saturated rings. The molecule has 0 saturated heterocycles. The summed E-state index contributed by atoms with van der Waals surface area (Å²) < 4.78 is 15.1. The molecule has 2 atom stereocenters. The van der Waals surface area contributed by atoms with Crippen LogP contribution in [0.3, 0.4) is 0 Å². The first-order valence-corrected chi connectivity index (χ1v) is 6.49. The average molecular weight is 261 g/mol. The maximum absolute atomic E-state index is 13.2. The van der Waals surface area contributed by atoms with E-state index >= 15 is 0 Å². The second kappa shape index (κ2) is 5.53. The van der Waals surface area contributed by atoms with Crippen molar-refractivity contribution >= 4 is 0 Å². The summed E-state index contributed by atoms with van der Waals surface area (Å²) in [4.78, 5) is 0. The molecule has 102 valence electrons. The Morgan fingerprint density at radius 3 is 2.58 bits per heavy atom. The van der Waals surface area contributed by atoms with E-state index in [4.69, 9.17) is 0 Å². The van der Waals surface area contributed by atoms with Crippen molar-refractivity contribution in [3.05, 3.63) is 53.1 Å². The predicted octanol–water partition coefficient (Wildman–Crippen LogP) is 3.28. The lowest BCUT2D eigenvalue weighted by Crippen LogP contribution is -2.23. The number of aromatic nitrogens is 2. The summed E-state index contributed by atoms with van der Waals surface area (Å²) in [6, 6.07) is 6.97. The highest BCUT2D eigenvalue weighted by atomic mass is 19.1. The Kier molecular flexibility index (Phi) is 4.00. The van der Waals surface area contributed by atoms with E-state index in [1.807, 2.05) is 37.8 Å². The molecule has 4 heteroatoms. The molecule has 0 bridgehead atoms. The summed E-state index contributed by atoms with van der Waals surface area (Å²) in [5.41, 5.74) is 3.27. The molecule has 1 aromatic heterocycles. The molecule has 0 aliphatic rings. The van der Waals surface area contributed by atoms with Gasteiger partial charge in [0.05, 0.1) is 6.20 Å². The maximum Gasteiger partial charge on any atom is 0.123 e. The van der Waals surface area contributed by atoms with Crippen LogP contribution in [0.5, 0.6) is 0 Å². The monoisotopic (exact) mass is 261 g/mol. The third-order valence-corrected chi connectivity index (χ3v) is 3.59. The fraction of sp³-hybridized carbons (Fsp3) is 0.400. The zero-order chi connectivity index (χ0) is 14.0. The molecule has 2 aromatic rings. The predicted molar refractivity (Wildman–Crippen MR) is 74.3 cm³/mol. The van der Waals surface area contributed by atoms with Crippen LogP contribution in [0.4, 0.5) is 4.39 Å². The lowest BCUT2D eigenvalue weighted by molar-refractivity contribution is 0.490. The molecular weight excluding hydrogens is 241 g/mol. The minimum absolute atomic E-state index is 0.0882. The summed E-state index contributed by atoms with van der Waals surface area (Å²) in [5, 5.41) is 7.72. The van der Waals surface area contributed by atoms with Gasteiger partial charge in [0.1, 0.15) is 5.82 Å². The van der Waals surface area contributed by atoms with E-state index < -0.39 is 0 Å². The van der Waals surface area contributed by atoms with E-state index in [0.717, 1.165) is 11.3 Å². The number of aryl methyl sites for hydroxylation is 1. The molecule has 2 unspecified atom stereocenters. The standard InChI is InChI=1S/C15H20FN3/c1-10(13-6-5-7-14(16)8-13)18-11(2)15-9-17-19(4)12(15)3/h5-11,18H,1-4H3. The van der Waals surface area contributed by atoms with Crippen molar-refractivity contribution in [2.45, 2.75) is 32.9 Å². The van der Waals surface area contributed by atoms with E-state index in [2.05, 4.69) is 17.3 Å². The second-order valence-electron chi connectivity index (χ2n) is 4.97. The fourth-order valence-corrected chi connectivity index (χ4v) is 2.28. The van der Waals surface area contributed by atoms with Gasteiger partial charge in [0.25, 0.3) is 0 Å². The van der Waals surface area contributed by atoms with Crippen LogP contribution in [0, 0.1) is 12.7 Å². The van der Waals surface area contributed by atoms with Crippen molar-refractivity contribution in [1.82, 2.24) is 15.1 Å². The summed E-state index contributed by atoms with van der Waals surface area (Å²) in [6.07, 6.45) is 1.88. The number of benzene rings is 1. The lowest BCUT2D eigenvalue weighted by Gasteiger charge is -2.20. The van der Waals surface area contributed by atoms with Crippen molar-refractivity contribution in [2.75, 3.05) is 0 Å². The van der Waals surface area contributed by atoms with Crippen molar-refractivity contribution in [1.29, 1.82) is 0 Å². The number of rotatable bonds is 4. The summed E-state index contributed by atoms with van der Waals surface area (Å²) >= 11 is 0. The van der Waals surface area contributed by atoms with Crippen LogP contribution in [0.1, 0.15) is 42.8 Å². The van der Waals surface area contributed by atoms with Gasteiger partial charge in [0.15, 0.2) is 0 Å². The quantitative estimate of drug-likeness (QED) is 0.915. The van der Waals surface area contributed by atoms with Crippen molar-refractivity contribution < 1.29 is 4.39 Å². The second-order valence-corrected chi connectivity index (χ2v) is 4.97. The van der Waals surface area contributed by atoms with Gasteiger partial charge in [-0.05, 0) is 38.5 Å². The van der Waals surface area contributed by atoms with Crippen LogP contribution in [0.2, 0.25) is 0 Å². The van der Waals surface area contributed by atoms with Gasteiger partial charge in [-0.1, -0.05) is 12.1 Å². The first-order valence-electron chi connectivity index (χ1n) is 6.49. The third-order valence-electron chi connectivity index (χ3n) is 3.59. The van der Waals surface area contributed by atoms with Gasteiger partial charge in [0.2, 0.25) is 0 Å². The highest BCUT2D eigenvalue weighted by Gasteiger charge is 2.15. The summed E-state index contributed by atoms with van der Waals surface area (Å²) in [7, 11) is 1.93. The number of nitrogens with one attached hydrogen (secondary N) is 1. The maximum atomic E-state index is 13.2. The van der Waals surface area contributed by atoms with E-state index in [9.17, 15) is 4.39 Å². The van der Waals surface area contributed by atoms with Gasteiger partial charge in [-0.3, -0.25) is 4.68 Å². The first kappa shape index (κ1) is 13.7. The molecule has 0 radical (unpaired) electrons. The minimum Gasteiger partial charge on any atom is -0.304 e. The zero-order valence-corrected chi connectivity index (χ0v) is 11.8. The van der Waals surface area contributed by atoms with Crippen molar-refractivity contribution in [3.8, 4) is 0 Å².